The van der Waals surface area contributed by atoms with Crippen LogP contribution in [0.3, 0.4) is 0 Å². The van der Waals surface area contributed by atoms with Crippen molar-refractivity contribution in [3.05, 3.63) is 0 Å². The summed E-state index contributed by atoms with van der Waals surface area (Å²) in [7, 11) is 3.21. The number of ketones is 1. The van der Waals surface area contributed by atoms with Crippen molar-refractivity contribution in [2.75, 3.05) is 14.2 Å². The van der Waals surface area contributed by atoms with Gasteiger partial charge in [0.25, 0.3) is 0 Å². The summed E-state index contributed by atoms with van der Waals surface area (Å²) in [5, 5.41) is 0. The summed E-state index contributed by atoms with van der Waals surface area (Å²) in [6.45, 7) is 0. The van der Waals surface area contributed by atoms with Crippen molar-refractivity contribution in [1.29, 1.82) is 0 Å². The predicted octanol–water partition coefficient (Wildman–Crippen LogP) is 1.36. The summed E-state index contributed by atoms with van der Waals surface area (Å²) in [5.74, 6) is 0.545. The molecule has 0 aromatic carbocycles. The predicted molar refractivity (Wildman–Crippen MR) is 44.8 cm³/mol. The summed E-state index contributed by atoms with van der Waals surface area (Å²) in [6, 6.07) is 0. The highest BCUT2D eigenvalue weighted by Gasteiger charge is 2.27. The zero-order valence-corrected chi connectivity index (χ0v) is 7.71. The van der Waals surface area contributed by atoms with Crippen molar-refractivity contribution >= 4 is 5.78 Å². The molecular formula is C9H16O3. The zero-order valence-electron chi connectivity index (χ0n) is 7.71. The molecule has 3 nitrogen and oxygen atoms in total. The minimum Gasteiger partial charge on any atom is -0.356 e. The molecule has 0 saturated heterocycles. The fourth-order valence-corrected chi connectivity index (χ4v) is 1.66. The maximum absolute atomic E-state index is 11.2. The number of hydrogen-bond donors (Lipinski definition) is 0. The fourth-order valence-electron chi connectivity index (χ4n) is 1.66. The van der Waals surface area contributed by atoms with Crippen LogP contribution in [0, 0.1) is 5.92 Å². The average molecular weight is 172 g/mol. The summed E-state index contributed by atoms with van der Waals surface area (Å²) in [5.41, 5.74) is 0. The molecule has 1 aliphatic carbocycles. The van der Waals surface area contributed by atoms with Crippen LogP contribution in [0.4, 0.5) is 0 Å². The lowest BCUT2D eigenvalue weighted by Crippen LogP contribution is -2.20. The molecule has 0 aromatic heterocycles. The van der Waals surface area contributed by atoms with Crippen LogP contribution in [0.1, 0.15) is 25.7 Å². The van der Waals surface area contributed by atoms with Crippen LogP contribution >= 0.6 is 0 Å². The van der Waals surface area contributed by atoms with Crippen LogP contribution < -0.4 is 0 Å². The summed E-state index contributed by atoms with van der Waals surface area (Å²) < 4.78 is 10.1. The molecule has 12 heavy (non-hydrogen) atoms. The Kier molecular flexibility index (Phi) is 3.69. The molecule has 0 spiro atoms. The monoisotopic (exact) mass is 172 g/mol. The van der Waals surface area contributed by atoms with Crippen LogP contribution in [0.25, 0.3) is 0 Å². The van der Waals surface area contributed by atoms with E-state index in [4.69, 9.17) is 9.47 Å². The number of rotatable bonds is 4. The first-order valence-corrected chi connectivity index (χ1v) is 4.36. The molecular weight excluding hydrogens is 156 g/mol. The van der Waals surface area contributed by atoms with E-state index in [0.717, 1.165) is 19.3 Å². The molecule has 1 saturated carbocycles. The smallest absolute Gasteiger partial charge is 0.157 e. The molecule has 0 aromatic rings. The van der Waals surface area contributed by atoms with Crippen LogP contribution in [0.2, 0.25) is 0 Å². The van der Waals surface area contributed by atoms with Gasteiger partial charge in [0, 0.05) is 33.0 Å². The molecule has 1 aliphatic rings. The molecule has 0 N–H and O–H groups in total. The van der Waals surface area contributed by atoms with Gasteiger partial charge in [-0.1, -0.05) is 0 Å². The maximum Gasteiger partial charge on any atom is 0.157 e. The van der Waals surface area contributed by atoms with Crippen molar-refractivity contribution in [3.8, 4) is 0 Å². The molecule has 1 unspecified atom stereocenters. The fraction of sp³-hybridized carbons (Fsp3) is 0.889. The van der Waals surface area contributed by atoms with Crippen LogP contribution in [0.5, 0.6) is 0 Å². The maximum atomic E-state index is 11.2. The Morgan fingerprint density at radius 1 is 1.50 bits per heavy atom. The van der Waals surface area contributed by atoms with Crippen molar-refractivity contribution in [2.45, 2.75) is 32.0 Å². The number of hydrogen-bond acceptors (Lipinski definition) is 3. The van der Waals surface area contributed by atoms with Crippen molar-refractivity contribution in [2.24, 2.45) is 5.92 Å². The number of carbonyl (C=O) groups excluding carboxylic acids is 1. The molecule has 0 bridgehead atoms. The third-order valence-corrected chi connectivity index (χ3v) is 2.43. The third kappa shape index (κ3) is 2.29. The Morgan fingerprint density at radius 3 is 2.58 bits per heavy atom. The molecule has 1 atom stereocenters. The Hall–Kier alpha value is -0.410. The van der Waals surface area contributed by atoms with Gasteiger partial charge in [0.05, 0.1) is 0 Å². The van der Waals surface area contributed by atoms with Gasteiger partial charge in [0.1, 0.15) is 5.78 Å². The molecule has 1 fully saturated rings. The molecule has 70 valence electrons. The van der Waals surface area contributed by atoms with E-state index in [0.29, 0.717) is 12.2 Å². The standard InChI is InChI=1S/C9H16O3/c1-11-9(12-2)6-7-4-3-5-8(7)10/h7,9H,3-6H2,1-2H3. The van der Waals surface area contributed by atoms with Gasteiger partial charge >= 0.3 is 0 Å². The van der Waals surface area contributed by atoms with E-state index >= 15 is 0 Å². The van der Waals surface area contributed by atoms with Gasteiger partial charge in [-0.05, 0) is 12.8 Å². The van der Waals surface area contributed by atoms with Gasteiger partial charge in [-0.2, -0.15) is 0 Å². The first-order chi connectivity index (χ1) is 5.77. The van der Waals surface area contributed by atoms with Crippen molar-refractivity contribution < 1.29 is 14.3 Å². The minimum atomic E-state index is -0.211. The Labute approximate surface area is 73.0 Å². The molecule has 0 radical (unpaired) electrons. The van der Waals surface area contributed by atoms with Crippen LogP contribution in [-0.4, -0.2) is 26.3 Å². The lowest BCUT2D eigenvalue weighted by Gasteiger charge is -2.16. The molecule has 0 aliphatic heterocycles. The second-order valence-electron chi connectivity index (χ2n) is 3.19. The van der Waals surface area contributed by atoms with E-state index in [2.05, 4.69) is 0 Å². The second kappa shape index (κ2) is 4.58. The lowest BCUT2D eigenvalue weighted by molar-refractivity contribution is -0.132. The Morgan fingerprint density at radius 2 is 2.17 bits per heavy atom. The van der Waals surface area contributed by atoms with Gasteiger partial charge in [-0.15, -0.1) is 0 Å². The minimum absolute atomic E-state index is 0.176. The highest BCUT2D eigenvalue weighted by atomic mass is 16.7. The highest BCUT2D eigenvalue weighted by Crippen LogP contribution is 2.26. The molecule has 1 rings (SSSR count). The Balaban J connectivity index is 2.33. The van der Waals surface area contributed by atoms with E-state index in [1.54, 1.807) is 14.2 Å². The van der Waals surface area contributed by atoms with E-state index in [9.17, 15) is 4.79 Å². The van der Waals surface area contributed by atoms with Gasteiger partial charge in [0.2, 0.25) is 0 Å². The van der Waals surface area contributed by atoms with Gasteiger partial charge in [-0.3, -0.25) is 4.79 Å². The second-order valence-corrected chi connectivity index (χ2v) is 3.19. The first kappa shape index (κ1) is 9.68. The largest absolute Gasteiger partial charge is 0.356 e. The van der Waals surface area contributed by atoms with Gasteiger partial charge < -0.3 is 9.47 Å². The van der Waals surface area contributed by atoms with E-state index in [-0.39, 0.29) is 12.2 Å². The normalized spacial score (nSPS) is 23.9. The molecule has 0 heterocycles. The van der Waals surface area contributed by atoms with Crippen LogP contribution in [-0.2, 0) is 14.3 Å². The highest BCUT2D eigenvalue weighted by molar-refractivity contribution is 5.82. The SMILES string of the molecule is COC(CC1CCCC1=O)OC. The van der Waals surface area contributed by atoms with E-state index < -0.39 is 0 Å². The number of methoxy groups -OCH3 is 2. The van der Waals surface area contributed by atoms with Crippen LogP contribution in [0.15, 0.2) is 0 Å². The lowest BCUT2D eigenvalue weighted by atomic mass is 10.0. The summed E-state index contributed by atoms with van der Waals surface area (Å²) in [6.07, 6.45) is 3.28. The quantitative estimate of drug-likeness (QED) is 0.601. The summed E-state index contributed by atoms with van der Waals surface area (Å²) in [4.78, 5) is 11.2. The van der Waals surface area contributed by atoms with Gasteiger partial charge in [-0.25, -0.2) is 0 Å². The first-order valence-electron chi connectivity index (χ1n) is 4.36. The topological polar surface area (TPSA) is 35.5 Å². The zero-order chi connectivity index (χ0) is 8.97. The number of Topliss-reactive ketones (excluding diaryl/α,β-unsaturated/α-hetero) is 1. The van der Waals surface area contributed by atoms with E-state index in [1.165, 1.54) is 0 Å². The third-order valence-electron chi connectivity index (χ3n) is 2.43. The molecule has 0 amide bonds. The molecule has 3 heteroatoms. The number of ether oxygens (including phenoxy) is 2. The van der Waals surface area contributed by atoms with Crippen molar-refractivity contribution in [1.82, 2.24) is 0 Å². The van der Waals surface area contributed by atoms with Gasteiger partial charge in [0.15, 0.2) is 6.29 Å². The number of carbonyl (C=O) groups is 1. The summed E-state index contributed by atoms with van der Waals surface area (Å²) >= 11 is 0. The average Bonchev–Trinajstić information content (AvgIpc) is 2.47. The van der Waals surface area contributed by atoms with Crippen molar-refractivity contribution in [3.63, 3.8) is 0 Å². The Bertz CT molecular complexity index is 152. The van der Waals surface area contributed by atoms with E-state index in [1.807, 2.05) is 0 Å².